The summed E-state index contributed by atoms with van der Waals surface area (Å²) in [6.07, 6.45) is -1.13. The lowest BCUT2D eigenvalue weighted by Gasteiger charge is -2.29. The molecule has 1 amide bonds. The Morgan fingerprint density at radius 3 is 2.33 bits per heavy atom. The summed E-state index contributed by atoms with van der Waals surface area (Å²) in [5.74, 6) is -1.17. The Balaban J connectivity index is 0.000000532. The number of carboxylic acids is 1. The van der Waals surface area contributed by atoms with E-state index in [1.165, 1.54) is 12.1 Å². The number of aromatic nitrogens is 2. The molecule has 1 saturated carbocycles. The molecule has 9 nitrogen and oxygen atoms in total. The van der Waals surface area contributed by atoms with Crippen molar-refractivity contribution in [2.75, 3.05) is 30.9 Å². The molecule has 4 N–H and O–H groups in total. The number of nitrogens with zero attached hydrogens (tertiary/aromatic N) is 3. The van der Waals surface area contributed by atoms with Crippen LogP contribution in [-0.2, 0) is 4.79 Å². The monoisotopic (exact) mass is 567 g/mol. The van der Waals surface area contributed by atoms with Gasteiger partial charge < -0.3 is 25.7 Å². The summed E-state index contributed by atoms with van der Waals surface area (Å²) in [7, 11) is 3.97. The number of hydrogen-bond donors (Lipinski definition) is 4. The van der Waals surface area contributed by atoms with E-state index in [4.69, 9.17) is 31.5 Å². The zero-order valence-electron chi connectivity index (χ0n) is 21.3. The van der Waals surface area contributed by atoms with Crippen LogP contribution in [0.15, 0.2) is 42.5 Å². The lowest BCUT2D eigenvalue weighted by Crippen LogP contribution is -2.34. The van der Waals surface area contributed by atoms with E-state index in [-0.39, 0.29) is 17.2 Å². The van der Waals surface area contributed by atoms with E-state index in [1.807, 2.05) is 43.3 Å². The van der Waals surface area contributed by atoms with Crippen LogP contribution in [-0.4, -0.2) is 64.9 Å². The molecule has 0 atom stereocenters. The van der Waals surface area contributed by atoms with E-state index < -0.39 is 12.1 Å². The molecule has 39 heavy (non-hydrogen) atoms. The van der Waals surface area contributed by atoms with E-state index in [0.717, 1.165) is 42.4 Å². The molecule has 0 spiro atoms. The number of para-hydroxylation sites is 1. The minimum atomic E-state index is -5.08. The second-order valence-corrected chi connectivity index (χ2v) is 9.76. The molecular weight excluding hydrogens is 539 g/mol. The summed E-state index contributed by atoms with van der Waals surface area (Å²) in [5, 5.41) is 24.9. The molecule has 210 valence electrons. The van der Waals surface area contributed by atoms with Crippen molar-refractivity contribution in [2.45, 2.75) is 37.9 Å². The summed E-state index contributed by atoms with van der Waals surface area (Å²) < 4.78 is 31.7. The third kappa shape index (κ3) is 8.34. The molecule has 0 unspecified atom stereocenters. The summed E-state index contributed by atoms with van der Waals surface area (Å²) in [6, 6.07) is 12.8. The zero-order chi connectivity index (χ0) is 28.7. The van der Waals surface area contributed by atoms with Crippen LogP contribution >= 0.6 is 11.6 Å². The number of carboxylic acid groups (broad SMARTS) is 1. The average molecular weight is 568 g/mol. The number of aliphatic carboxylic acids is 1. The third-order valence-electron chi connectivity index (χ3n) is 6.18. The maximum Gasteiger partial charge on any atom is 0.490 e. The van der Waals surface area contributed by atoms with Crippen LogP contribution in [0.1, 0.15) is 36.0 Å². The van der Waals surface area contributed by atoms with Gasteiger partial charge in [-0.05, 0) is 61.9 Å². The molecule has 0 aliphatic heterocycles. The maximum absolute atomic E-state index is 12.4. The molecule has 0 bridgehead atoms. The predicted octanol–water partition coefficient (Wildman–Crippen LogP) is 5.09. The number of anilines is 2. The number of nitrogens with one attached hydrogen (secondary N) is 2. The number of phenols is 1. The van der Waals surface area contributed by atoms with Gasteiger partial charge >= 0.3 is 12.1 Å². The Morgan fingerprint density at radius 2 is 1.72 bits per heavy atom. The zero-order valence-corrected chi connectivity index (χ0v) is 22.1. The number of hydrogen-bond acceptors (Lipinski definition) is 7. The first-order valence-electron chi connectivity index (χ1n) is 12.1. The number of amides is 1. The second kappa shape index (κ2) is 12.8. The fourth-order valence-electron chi connectivity index (χ4n) is 4.18. The summed E-state index contributed by atoms with van der Waals surface area (Å²) >= 11 is 5.94. The smallest absolute Gasteiger partial charge is 0.490 e. The predicted molar refractivity (Wildman–Crippen MR) is 142 cm³/mol. The van der Waals surface area contributed by atoms with Crippen LogP contribution in [0, 0.1) is 5.92 Å². The number of benzene rings is 2. The molecule has 4 rings (SSSR count). The molecule has 1 fully saturated rings. The van der Waals surface area contributed by atoms with Crippen molar-refractivity contribution in [3.63, 3.8) is 0 Å². The van der Waals surface area contributed by atoms with Gasteiger partial charge in [-0.3, -0.25) is 4.79 Å². The van der Waals surface area contributed by atoms with Crippen molar-refractivity contribution in [1.29, 1.82) is 0 Å². The van der Waals surface area contributed by atoms with Gasteiger partial charge in [-0.2, -0.15) is 18.2 Å². The highest BCUT2D eigenvalue weighted by atomic mass is 35.5. The van der Waals surface area contributed by atoms with Crippen molar-refractivity contribution in [2.24, 2.45) is 5.92 Å². The number of alkyl halides is 3. The quantitative estimate of drug-likeness (QED) is 0.324. The highest BCUT2D eigenvalue weighted by molar-refractivity contribution is 6.31. The van der Waals surface area contributed by atoms with Crippen LogP contribution in [0.2, 0.25) is 5.02 Å². The Morgan fingerprint density at radius 1 is 1.08 bits per heavy atom. The Bertz CT molecular complexity index is 1310. The van der Waals surface area contributed by atoms with Crippen LogP contribution in [0.4, 0.5) is 24.9 Å². The molecule has 2 aromatic carbocycles. The summed E-state index contributed by atoms with van der Waals surface area (Å²) in [5.41, 5.74) is 1.13. The molecule has 0 saturated heterocycles. The topological polar surface area (TPSA) is 128 Å². The number of rotatable bonds is 6. The fourth-order valence-corrected chi connectivity index (χ4v) is 4.35. The van der Waals surface area contributed by atoms with E-state index in [9.17, 15) is 23.1 Å². The highest BCUT2D eigenvalue weighted by Crippen LogP contribution is 2.28. The average Bonchev–Trinajstić information content (AvgIpc) is 2.88. The number of phenolic OH excluding ortho intramolecular Hbond substituents is 1. The first kappa shape index (κ1) is 29.8. The standard InChI is InChI=1S/C24H28ClN5O2.C2HF3O2/c1-30(2)22-18-5-3-4-6-20(18)28-24(29-22)27-17-10-7-15(8-11-17)14-26-23(32)19-13-16(25)9-12-21(19)31;3-2(4,5)1(6)7/h3-6,9,12-13,15,17,31H,7-8,10-11,14H2,1-2H3,(H,26,32)(H,27,28,29);(H,6,7). The SMILES string of the molecule is CN(C)c1nc(NC2CCC(CNC(=O)c3cc(Cl)ccc3O)CC2)nc2ccccc12.O=C(O)C(F)(F)F. The van der Waals surface area contributed by atoms with Crippen molar-refractivity contribution in [3.8, 4) is 5.75 Å². The summed E-state index contributed by atoms with van der Waals surface area (Å²) in [4.78, 5) is 32.7. The van der Waals surface area contributed by atoms with Crippen molar-refractivity contribution in [3.05, 3.63) is 53.1 Å². The third-order valence-corrected chi connectivity index (χ3v) is 6.42. The van der Waals surface area contributed by atoms with Gasteiger partial charge in [0.1, 0.15) is 11.6 Å². The minimum absolute atomic E-state index is 0.0627. The van der Waals surface area contributed by atoms with Gasteiger partial charge in [-0.25, -0.2) is 9.78 Å². The Hall–Kier alpha value is -3.80. The van der Waals surface area contributed by atoms with Gasteiger partial charge in [0.25, 0.3) is 5.91 Å². The molecular formula is C26H29ClF3N5O4. The molecule has 13 heteroatoms. The normalized spacial score (nSPS) is 17.1. The first-order valence-corrected chi connectivity index (χ1v) is 12.5. The highest BCUT2D eigenvalue weighted by Gasteiger charge is 2.38. The van der Waals surface area contributed by atoms with Gasteiger partial charge in [-0.15, -0.1) is 0 Å². The molecule has 1 aliphatic rings. The first-order chi connectivity index (χ1) is 18.3. The van der Waals surface area contributed by atoms with Gasteiger partial charge in [-0.1, -0.05) is 23.7 Å². The minimum Gasteiger partial charge on any atom is -0.507 e. The van der Waals surface area contributed by atoms with Gasteiger partial charge in [0, 0.05) is 37.1 Å². The number of carbonyl (C=O) groups is 2. The number of carbonyl (C=O) groups excluding carboxylic acids is 1. The van der Waals surface area contributed by atoms with E-state index in [0.29, 0.717) is 29.5 Å². The van der Waals surface area contributed by atoms with Crippen LogP contribution in [0.5, 0.6) is 5.75 Å². The van der Waals surface area contributed by atoms with E-state index >= 15 is 0 Å². The Kier molecular flexibility index (Phi) is 9.79. The number of fused-ring (bicyclic) bond motifs is 1. The summed E-state index contributed by atoms with van der Waals surface area (Å²) in [6.45, 7) is 0.578. The molecule has 3 aromatic rings. The molecule has 1 aromatic heterocycles. The van der Waals surface area contributed by atoms with Crippen LogP contribution in [0.25, 0.3) is 10.9 Å². The van der Waals surface area contributed by atoms with E-state index in [1.54, 1.807) is 6.07 Å². The van der Waals surface area contributed by atoms with Crippen molar-refractivity contribution >= 4 is 46.1 Å². The lowest BCUT2D eigenvalue weighted by molar-refractivity contribution is -0.192. The van der Waals surface area contributed by atoms with Crippen LogP contribution < -0.4 is 15.5 Å². The molecule has 1 heterocycles. The maximum atomic E-state index is 12.4. The number of aromatic hydroxyl groups is 1. The lowest BCUT2D eigenvalue weighted by atomic mass is 9.86. The van der Waals surface area contributed by atoms with Crippen molar-refractivity contribution < 1.29 is 33.0 Å². The number of halogens is 4. The van der Waals surface area contributed by atoms with E-state index in [2.05, 4.69) is 10.6 Å². The Labute approximate surface area is 228 Å². The van der Waals surface area contributed by atoms with Gasteiger partial charge in [0.15, 0.2) is 0 Å². The molecule has 0 radical (unpaired) electrons. The second-order valence-electron chi connectivity index (χ2n) is 9.32. The fraction of sp³-hybridized carbons (Fsp3) is 0.385. The van der Waals surface area contributed by atoms with Crippen LogP contribution in [0.3, 0.4) is 0 Å². The van der Waals surface area contributed by atoms with Crippen molar-refractivity contribution in [1.82, 2.24) is 15.3 Å². The molecule has 1 aliphatic carbocycles. The van der Waals surface area contributed by atoms with Gasteiger partial charge in [0.2, 0.25) is 5.95 Å². The largest absolute Gasteiger partial charge is 0.507 e. The van der Waals surface area contributed by atoms with Gasteiger partial charge in [0.05, 0.1) is 11.1 Å².